The van der Waals surface area contributed by atoms with Crippen molar-refractivity contribution in [2.45, 2.75) is 0 Å². The molecule has 1 amide bonds. The number of anilines is 2. The first-order valence-corrected chi connectivity index (χ1v) is 7.16. The molecule has 0 aliphatic rings. The highest BCUT2D eigenvalue weighted by molar-refractivity contribution is 7.00. The minimum absolute atomic E-state index is 0.111. The summed E-state index contributed by atoms with van der Waals surface area (Å²) in [5.74, 6) is -0.480. The summed E-state index contributed by atoms with van der Waals surface area (Å²) >= 11 is 13.1. The molecule has 0 saturated heterocycles. The SMILES string of the molecule is Cn1cc(N)c(C(=O)Nc2c(Cl)cc(Cl)c3nsnc23)n1. The van der Waals surface area contributed by atoms with Gasteiger partial charge in [-0.25, -0.2) is 0 Å². The number of nitrogen functional groups attached to an aromatic ring is 1. The topological polar surface area (TPSA) is 98.7 Å². The van der Waals surface area contributed by atoms with E-state index in [2.05, 4.69) is 19.2 Å². The van der Waals surface area contributed by atoms with Crippen LogP contribution in [0.15, 0.2) is 12.3 Å². The van der Waals surface area contributed by atoms with Gasteiger partial charge in [0.25, 0.3) is 5.91 Å². The molecular weight excluding hydrogens is 335 g/mol. The van der Waals surface area contributed by atoms with Crippen LogP contribution in [0.3, 0.4) is 0 Å². The largest absolute Gasteiger partial charge is 0.396 e. The maximum absolute atomic E-state index is 12.2. The van der Waals surface area contributed by atoms with E-state index in [1.54, 1.807) is 13.2 Å². The van der Waals surface area contributed by atoms with Gasteiger partial charge >= 0.3 is 0 Å². The number of benzene rings is 1. The third kappa shape index (κ3) is 2.41. The molecule has 2 heterocycles. The van der Waals surface area contributed by atoms with Gasteiger partial charge in [0.05, 0.1) is 33.1 Å². The molecule has 0 aliphatic carbocycles. The maximum atomic E-state index is 12.2. The summed E-state index contributed by atoms with van der Waals surface area (Å²) in [4.78, 5) is 12.2. The second kappa shape index (κ2) is 5.14. The number of halogens is 2. The molecule has 3 aromatic rings. The Labute approximate surface area is 133 Å². The van der Waals surface area contributed by atoms with Crippen molar-refractivity contribution < 1.29 is 4.79 Å². The molecule has 2 aromatic heterocycles. The molecule has 1 aromatic carbocycles. The average molecular weight is 343 g/mol. The van der Waals surface area contributed by atoms with E-state index in [9.17, 15) is 4.79 Å². The Morgan fingerprint density at radius 2 is 2.05 bits per heavy atom. The fourth-order valence-corrected chi connectivity index (χ4v) is 3.01. The second-order valence-corrected chi connectivity index (χ2v) is 5.58. The lowest BCUT2D eigenvalue weighted by atomic mass is 10.2. The number of aryl methyl sites for hydroxylation is 1. The van der Waals surface area contributed by atoms with Gasteiger partial charge in [0.15, 0.2) is 5.69 Å². The first kappa shape index (κ1) is 14.1. The predicted octanol–water partition coefficient (Wildman–Crippen LogP) is 2.57. The zero-order valence-electron chi connectivity index (χ0n) is 10.6. The van der Waals surface area contributed by atoms with E-state index < -0.39 is 5.91 Å². The van der Waals surface area contributed by atoms with E-state index in [1.165, 1.54) is 10.7 Å². The summed E-state index contributed by atoms with van der Waals surface area (Å²) in [7, 11) is 1.67. The number of hydrogen-bond donors (Lipinski definition) is 2. The Bertz CT molecular complexity index is 858. The second-order valence-electron chi connectivity index (χ2n) is 4.24. The first-order chi connectivity index (χ1) is 9.97. The molecule has 0 saturated carbocycles. The van der Waals surface area contributed by atoms with Crippen LogP contribution in [0.2, 0.25) is 10.0 Å². The molecule has 0 radical (unpaired) electrons. The zero-order valence-corrected chi connectivity index (χ0v) is 12.9. The fraction of sp³-hybridized carbons (Fsp3) is 0.0909. The number of rotatable bonds is 2. The number of carbonyl (C=O) groups is 1. The van der Waals surface area contributed by atoms with Gasteiger partial charge in [-0.3, -0.25) is 9.48 Å². The van der Waals surface area contributed by atoms with Crippen LogP contribution in [0.1, 0.15) is 10.5 Å². The van der Waals surface area contributed by atoms with Crippen molar-refractivity contribution in [1.29, 1.82) is 0 Å². The van der Waals surface area contributed by atoms with Crippen molar-refractivity contribution >= 4 is 63.2 Å². The van der Waals surface area contributed by atoms with E-state index in [-0.39, 0.29) is 16.4 Å². The number of amides is 1. The lowest BCUT2D eigenvalue weighted by Crippen LogP contribution is -2.15. The number of nitrogens with two attached hydrogens (primary N) is 1. The summed E-state index contributed by atoms with van der Waals surface area (Å²) in [6.45, 7) is 0. The van der Waals surface area contributed by atoms with Gasteiger partial charge in [0.1, 0.15) is 11.0 Å². The molecule has 108 valence electrons. The van der Waals surface area contributed by atoms with Crippen molar-refractivity contribution in [2.24, 2.45) is 7.05 Å². The van der Waals surface area contributed by atoms with Crippen LogP contribution in [0.4, 0.5) is 11.4 Å². The standard InChI is InChI=1S/C11H8Cl2N6OS/c1-19-3-6(14)9(16-19)11(20)15-7-4(12)2-5(13)8-10(7)18-21-17-8/h2-3H,14H2,1H3,(H,15,20). The number of nitrogens with one attached hydrogen (secondary N) is 1. The van der Waals surface area contributed by atoms with E-state index in [1.807, 2.05) is 0 Å². The highest BCUT2D eigenvalue weighted by atomic mass is 35.5. The minimum atomic E-state index is -0.480. The van der Waals surface area contributed by atoms with E-state index in [0.29, 0.717) is 21.7 Å². The van der Waals surface area contributed by atoms with Crippen molar-refractivity contribution in [1.82, 2.24) is 18.5 Å². The zero-order chi connectivity index (χ0) is 15.1. The molecule has 21 heavy (non-hydrogen) atoms. The smallest absolute Gasteiger partial charge is 0.278 e. The normalized spacial score (nSPS) is 11.0. The molecule has 0 unspecified atom stereocenters. The molecule has 0 spiro atoms. The number of hydrogen-bond acceptors (Lipinski definition) is 6. The van der Waals surface area contributed by atoms with E-state index in [4.69, 9.17) is 28.9 Å². The van der Waals surface area contributed by atoms with Gasteiger partial charge < -0.3 is 11.1 Å². The summed E-state index contributed by atoms with van der Waals surface area (Å²) in [6, 6.07) is 1.50. The van der Waals surface area contributed by atoms with Gasteiger partial charge in [-0.15, -0.1) is 0 Å². The molecule has 10 heteroatoms. The number of fused-ring (bicyclic) bond motifs is 1. The molecule has 7 nitrogen and oxygen atoms in total. The monoisotopic (exact) mass is 342 g/mol. The van der Waals surface area contributed by atoms with Crippen LogP contribution in [0.5, 0.6) is 0 Å². The first-order valence-electron chi connectivity index (χ1n) is 5.68. The van der Waals surface area contributed by atoms with Crippen molar-refractivity contribution in [3.8, 4) is 0 Å². The average Bonchev–Trinajstić information content (AvgIpc) is 3.01. The summed E-state index contributed by atoms with van der Waals surface area (Å²) in [5.41, 5.74) is 7.35. The lowest BCUT2D eigenvalue weighted by molar-refractivity contribution is 0.102. The van der Waals surface area contributed by atoms with Crippen LogP contribution < -0.4 is 11.1 Å². The number of aromatic nitrogens is 4. The van der Waals surface area contributed by atoms with Crippen LogP contribution in [0.25, 0.3) is 11.0 Å². The quantitative estimate of drug-likeness (QED) is 0.745. The van der Waals surface area contributed by atoms with Crippen molar-refractivity contribution in [3.63, 3.8) is 0 Å². The predicted molar refractivity (Wildman–Crippen MR) is 83.0 cm³/mol. The van der Waals surface area contributed by atoms with Gasteiger partial charge in [0, 0.05) is 13.2 Å². The summed E-state index contributed by atoms with van der Waals surface area (Å²) in [5, 5.41) is 7.29. The third-order valence-corrected chi connectivity index (χ3v) is 3.87. The van der Waals surface area contributed by atoms with Crippen LogP contribution >= 0.6 is 34.9 Å². The van der Waals surface area contributed by atoms with Crippen molar-refractivity contribution in [2.75, 3.05) is 11.1 Å². The van der Waals surface area contributed by atoms with Crippen molar-refractivity contribution in [3.05, 3.63) is 28.0 Å². The molecule has 0 fully saturated rings. The highest BCUT2D eigenvalue weighted by Gasteiger charge is 2.19. The number of carbonyl (C=O) groups excluding carboxylic acids is 1. The van der Waals surface area contributed by atoms with Gasteiger partial charge in [0.2, 0.25) is 0 Å². The van der Waals surface area contributed by atoms with Gasteiger partial charge in [-0.2, -0.15) is 13.8 Å². The Kier molecular flexibility index (Phi) is 3.44. The Balaban J connectivity index is 2.04. The molecule has 0 atom stereocenters. The van der Waals surface area contributed by atoms with Crippen LogP contribution in [-0.2, 0) is 7.05 Å². The Morgan fingerprint density at radius 3 is 2.71 bits per heavy atom. The maximum Gasteiger partial charge on any atom is 0.278 e. The van der Waals surface area contributed by atoms with Crippen LogP contribution in [-0.4, -0.2) is 24.4 Å². The minimum Gasteiger partial charge on any atom is -0.396 e. The lowest BCUT2D eigenvalue weighted by Gasteiger charge is -2.07. The molecule has 3 rings (SSSR count). The molecular formula is C11H8Cl2N6OS. The third-order valence-electron chi connectivity index (χ3n) is 2.75. The van der Waals surface area contributed by atoms with E-state index >= 15 is 0 Å². The van der Waals surface area contributed by atoms with Crippen LogP contribution in [0, 0.1) is 0 Å². The Hall–Kier alpha value is -1.90. The molecule has 3 N–H and O–H groups in total. The molecule has 0 bridgehead atoms. The van der Waals surface area contributed by atoms with Gasteiger partial charge in [-0.1, -0.05) is 23.2 Å². The van der Waals surface area contributed by atoms with E-state index in [0.717, 1.165) is 11.7 Å². The van der Waals surface area contributed by atoms with Gasteiger partial charge in [-0.05, 0) is 6.07 Å². The highest BCUT2D eigenvalue weighted by Crippen LogP contribution is 2.35. The fourth-order valence-electron chi connectivity index (χ4n) is 1.85. The summed E-state index contributed by atoms with van der Waals surface area (Å²) in [6.07, 6.45) is 1.54. The summed E-state index contributed by atoms with van der Waals surface area (Å²) < 4.78 is 9.62. The Morgan fingerprint density at radius 1 is 1.33 bits per heavy atom. The molecule has 0 aliphatic heterocycles. The number of nitrogens with zero attached hydrogens (tertiary/aromatic N) is 4.